The lowest BCUT2D eigenvalue weighted by Gasteiger charge is -2.22. The van der Waals surface area contributed by atoms with Gasteiger partial charge in [-0.2, -0.15) is 21.0 Å². The lowest BCUT2D eigenvalue weighted by atomic mass is 9.82. The van der Waals surface area contributed by atoms with Crippen molar-refractivity contribution in [2.45, 2.75) is 38.5 Å². The van der Waals surface area contributed by atoms with Crippen molar-refractivity contribution in [3.63, 3.8) is 0 Å². The molecule has 2 aliphatic rings. The minimum Gasteiger partial charge on any atom is -0.307 e. The summed E-state index contributed by atoms with van der Waals surface area (Å²) in [6, 6.07) is 67.9. The van der Waals surface area contributed by atoms with Crippen molar-refractivity contribution in [1.29, 1.82) is 21.0 Å². The second kappa shape index (κ2) is 14.5. The lowest BCUT2D eigenvalue weighted by molar-refractivity contribution is 0.661. The number of rotatable bonds is 4. The molecule has 70 heavy (non-hydrogen) atoms. The number of nitriles is 4. The smallest absolute Gasteiger partial charge is 0.101 e. The van der Waals surface area contributed by atoms with Gasteiger partial charge in [0, 0.05) is 32.4 Å². The van der Waals surface area contributed by atoms with E-state index in [2.05, 4.69) is 158 Å². The minimum absolute atomic E-state index is 0.236. The Morgan fingerprint density at radius 2 is 0.657 bits per heavy atom. The molecule has 0 N–H and O–H groups in total. The van der Waals surface area contributed by atoms with Gasteiger partial charge in [0.25, 0.3) is 0 Å². The van der Waals surface area contributed by atoms with Gasteiger partial charge in [0.15, 0.2) is 0 Å². The van der Waals surface area contributed by atoms with Crippen LogP contribution in [0, 0.1) is 45.3 Å². The van der Waals surface area contributed by atoms with Crippen molar-refractivity contribution in [2.75, 3.05) is 0 Å². The van der Waals surface area contributed by atoms with Gasteiger partial charge in [-0.25, -0.2) is 0 Å². The summed E-state index contributed by atoms with van der Waals surface area (Å²) in [6.07, 6.45) is 0. The SMILES string of the molecule is CC1(C)c2ccccc2-c2cc3c4ccccc4n(-c4c(C#N)cc(-c5ccc(-c6cc(C#N)c(-n7c8ccccc8c8cc9c(cc87)C(C)(C)c7ccccc7-9)c(C#N)c6)cc5)cc4C#N)c3cc21. The maximum Gasteiger partial charge on any atom is 0.101 e. The fourth-order valence-corrected chi connectivity index (χ4v) is 12.1. The second-order valence-corrected chi connectivity index (χ2v) is 19.7. The van der Waals surface area contributed by atoms with Gasteiger partial charge < -0.3 is 9.13 Å². The Morgan fingerprint density at radius 1 is 0.314 bits per heavy atom. The van der Waals surface area contributed by atoms with E-state index in [4.69, 9.17) is 0 Å². The van der Waals surface area contributed by atoms with Crippen LogP contribution in [0.3, 0.4) is 0 Å². The summed E-state index contributed by atoms with van der Waals surface area (Å²) in [5.74, 6) is 0. The van der Waals surface area contributed by atoms with Crippen LogP contribution in [0.4, 0.5) is 0 Å². The van der Waals surface area contributed by atoms with Crippen LogP contribution in [0.1, 0.15) is 72.2 Å². The standard InChI is InChI=1S/C64H40N6/c1-63(2)53-17-9-5-13-45(53)49-29-51-47-15-7-11-19-57(47)69(59(51)31-55(49)63)61-41(33-65)25-39(26-42(61)34-66)37-21-23-38(24-22-37)40-27-43(35-67)62(44(28-40)36-68)70-58-20-12-8-16-48(58)52-30-50-46-14-6-10-18-54(46)64(3,4)56(50)32-60(52)70/h5-32H,1-4H3. The Kier molecular flexibility index (Phi) is 8.46. The largest absolute Gasteiger partial charge is 0.307 e. The highest BCUT2D eigenvalue weighted by Gasteiger charge is 2.38. The summed E-state index contributed by atoms with van der Waals surface area (Å²) in [6.45, 7) is 9.03. The highest BCUT2D eigenvalue weighted by molar-refractivity contribution is 6.13. The molecule has 0 atom stereocenters. The number of aromatic nitrogens is 2. The van der Waals surface area contributed by atoms with Crippen molar-refractivity contribution in [1.82, 2.24) is 9.13 Å². The predicted octanol–water partition coefficient (Wildman–Crippen LogP) is 15.3. The number of nitrogens with zero attached hydrogens (tertiary/aromatic N) is 6. The molecule has 0 bridgehead atoms. The van der Waals surface area contributed by atoms with Gasteiger partial charge in [-0.05, 0) is 127 Å². The van der Waals surface area contributed by atoms with Gasteiger partial charge in [0.05, 0.1) is 55.7 Å². The highest BCUT2D eigenvalue weighted by atomic mass is 15.0. The fourth-order valence-electron chi connectivity index (χ4n) is 12.1. The average molecular weight is 893 g/mol. The van der Waals surface area contributed by atoms with Crippen LogP contribution in [0.2, 0.25) is 0 Å². The van der Waals surface area contributed by atoms with Gasteiger partial charge in [-0.3, -0.25) is 0 Å². The Bertz CT molecular complexity index is 3990. The molecule has 0 aliphatic heterocycles. The highest BCUT2D eigenvalue weighted by Crippen LogP contribution is 2.53. The average Bonchev–Trinajstić information content (AvgIpc) is 4.04. The van der Waals surface area contributed by atoms with Gasteiger partial charge in [-0.1, -0.05) is 137 Å². The van der Waals surface area contributed by atoms with Crippen LogP contribution in [0.25, 0.3) is 99.5 Å². The van der Waals surface area contributed by atoms with Crippen LogP contribution in [0.15, 0.2) is 170 Å². The van der Waals surface area contributed by atoms with Crippen LogP contribution < -0.4 is 0 Å². The number of hydrogen-bond donors (Lipinski definition) is 0. The second-order valence-electron chi connectivity index (χ2n) is 19.7. The molecule has 6 heteroatoms. The topological polar surface area (TPSA) is 105 Å². The zero-order valence-corrected chi connectivity index (χ0v) is 38.8. The first kappa shape index (κ1) is 40.8. The monoisotopic (exact) mass is 892 g/mol. The van der Waals surface area contributed by atoms with E-state index in [1.807, 2.05) is 72.8 Å². The minimum atomic E-state index is -0.236. The molecule has 13 rings (SSSR count). The predicted molar refractivity (Wildman–Crippen MR) is 280 cm³/mol. The summed E-state index contributed by atoms with van der Waals surface area (Å²) >= 11 is 0. The van der Waals surface area contributed by atoms with Crippen molar-refractivity contribution >= 4 is 43.6 Å². The van der Waals surface area contributed by atoms with Gasteiger partial charge in [0.2, 0.25) is 0 Å². The molecule has 0 radical (unpaired) electrons. The van der Waals surface area contributed by atoms with E-state index in [0.29, 0.717) is 33.6 Å². The molecule has 11 aromatic rings. The molecule has 326 valence electrons. The van der Waals surface area contributed by atoms with E-state index >= 15 is 0 Å². The third kappa shape index (κ3) is 5.45. The van der Waals surface area contributed by atoms with E-state index in [9.17, 15) is 21.0 Å². The first-order chi connectivity index (χ1) is 34.0. The number of fused-ring (bicyclic) bond motifs is 12. The Hall–Kier alpha value is -9.46. The van der Waals surface area contributed by atoms with Crippen LogP contribution in [-0.4, -0.2) is 9.13 Å². The molecule has 0 saturated heterocycles. The molecule has 0 spiro atoms. The summed E-state index contributed by atoms with van der Waals surface area (Å²) in [5, 5.41) is 47.8. The number of benzene rings is 9. The quantitative estimate of drug-likeness (QED) is 0.175. The van der Waals surface area contributed by atoms with Crippen LogP contribution >= 0.6 is 0 Å². The zero-order valence-electron chi connectivity index (χ0n) is 38.8. The summed E-state index contributed by atoms with van der Waals surface area (Å²) in [7, 11) is 0. The molecule has 9 aromatic carbocycles. The number of para-hydroxylation sites is 2. The van der Waals surface area contributed by atoms with E-state index in [1.165, 1.54) is 44.5 Å². The first-order valence-electron chi connectivity index (χ1n) is 23.5. The molecular weight excluding hydrogens is 853 g/mol. The molecule has 0 saturated carbocycles. The molecule has 2 aromatic heterocycles. The van der Waals surface area contributed by atoms with E-state index in [-0.39, 0.29) is 10.8 Å². The fraction of sp³-hybridized carbons (Fsp3) is 0.0938. The van der Waals surface area contributed by atoms with Gasteiger partial charge >= 0.3 is 0 Å². The van der Waals surface area contributed by atoms with E-state index in [1.54, 1.807) is 0 Å². The summed E-state index contributed by atoms with van der Waals surface area (Å²) in [5.41, 5.74) is 18.9. The molecule has 0 fully saturated rings. The maximum absolute atomic E-state index is 10.9. The third-order valence-corrected chi connectivity index (χ3v) is 15.5. The summed E-state index contributed by atoms with van der Waals surface area (Å²) in [4.78, 5) is 0. The molecule has 0 amide bonds. The van der Waals surface area contributed by atoms with Gasteiger partial charge in [0.1, 0.15) is 24.3 Å². The van der Waals surface area contributed by atoms with E-state index < -0.39 is 0 Å². The van der Waals surface area contributed by atoms with Crippen LogP contribution in [-0.2, 0) is 10.8 Å². The van der Waals surface area contributed by atoms with Crippen molar-refractivity contribution in [3.05, 3.63) is 214 Å². The van der Waals surface area contributed by atoms with Crippen molar-refractivity contribution in [3.8, 4) is 80.2 Å². The van der Waals surface area contributed by atoms with Crippen molar-refractivity contribution in [2.24, 2.45) is 0 Å². The first-order valence-corrected chi connectivity index (χ1v) is 23.5. The van der Waals surface area contributed by atoms with Crippen LogP contribution in [0.5, 0.6) is 0 Å². The molecule has 0 unspecified atom stereocenters. The van der Waals surface area contributed by atoms with Crippen molar-refractivity contribution < 1.29 is 0 Å². The maximum atomic E-state index is 10.9. The normalized spacial score (nSPS) is 13.6. The Morgan fingerprint density at radius 3 is 1.03 bits per heavy atom. The molecule has 6 nitrogen and oxygen atoms in total. The Balaban J connectivity index is 0.913. The van der Waals surface area contributed by atoms with Gasteiger partial charge in [-0.15, -0.1) is 0 Å². The molecule has 2 aliphatic carbocycles. The number of hydrogen-bond acceptors (Lipinski definition) is 4. The zero-order chi connectivity index (χ0) is 47.8. The molecule has 2 heterocycles. The van der Waals surface area contributed by atoms with E-state index in [0.717, 1.165) is 65.9 Å². The third-order valence-electron chi connectivity index (χ3n) is 15.5. The lowest BCUT2D eigenvalue weighted by Crippen LogP contribution is -2.15. The molecular formula is C64H40N6. The summed E-state index contributed by atoms with van der Waals surface area (Å²) < 4.78 is 4.20. The Labute approximate surface area is 405 Å².